The highest BCUT2D eigenvalue weighted by Crippen LogP contribution is 2.40. The molecule has 2 fully saturated rings. The van der Waals surface area contributed by atoms with Crippen LogP contribution in [0.4, 0.5) is 0 Å². The quantitative estimate of drug-likeness (QED) is 0.714. The van der Waals surface area contributed by atoms with E-state index in [1.165, 1.54) is 0 Å². The second kappa shape index (κ2) is 3.24. The minimum Gasteiger partial charge on any atom is -0.391 e. The van der Waals surface area contributed by atoms with Gasteiger partial charge >= 0.3 is 0 Å². The molecule has 0 aliphatic heterocycles. The van der Waals surface area contributed by atoms with E-state index < -0.39 is 0 Å². The molecule has 2 atom stereocenters. The van der Waals surface area contributed by atoms with Crippen LogP contribution in [-0.2, 0) is 4.79 Å². The van der Waals surface area contributed by atoms with E-state index >= 15 is 0 Å². The summed E-state index contributed by atoms with van der Waals surface area (Å²) in [6.07, 6.45) is 4.37. The first-order valence-electron chi connectivity index (χ1n) is 4.80. The normalized spacial score (nSPS) is 35.8. The average Bonchev–Trinajstić information content (AvgIpc) is 2.07. The monoisotopic (exact) mass is 247 g/mol. The van der Waals surface area contributed by atoms with Crippen molar-refractivity contribution < 1.29 is 9.90 Å². The first-order chi connectivity index (χ1) is 6.12. The van der Waals surface area contributed by atoms with Crippen molar-refractivity contribution in [2.45, 2.75) is 48.6 Å². The average molecular weight is 248 g/mol. The highest BCUT2D eigenvalue weighted by atomic mass is 79.9. The molecule has 1 amide bonds. The van der Waals surface area contributed by atoms with E-state index in [0.29, 0.717) is 0 Å². The van der Waals surface area contributed by atoms with E-state index in [1.807, 2.05) is 0 Å². The van der Waals surface area contributed by atoms with Crippen LogP contribution in [0.2, 0.25) is 0 Å². The first-order valence-corrected chi connectivity index (χ1v) is 5.59. The molecule has 0 aromatic heterocycles. The lowest BCUT2D eigenvalue weighted by molar-refractivity contribution is -0.128. The van der Waals surface area contributed by atoms with Crippen LogP contribution in [0.15, 0.2) is 0 Å². The van der Waals surface area contributed by atoms with Crippen LogP contribution in [0.5, 0.6) is 0 Å². The first kappa shape index (κ1) is 9.46. The largest absolute Gasteiger partial charge is 0.391 e. The molecule has 2 N–H and O–H groups in total. The summed E-state index contributed by atoms with van der Waals surface area (Å²) >= 11 is 3.44. The molecule has 0 aromatic carbocycles. The Bertz CT molecular complexity index is 228. The van der Waals surface area contributed by atoms with Crippen molar-refractivity contribution in [2.24, 2.45) is 0 Å². The molecule has 2 saturated carbocycles. The zero-order chi connectivity index (χ0) is 9.47. The number of amides is 1. The SMILES string of the molecule is O=C(N[C@@H]1CC[C@H]1O)C1(Br)CCC1. The molecule has 0 unspecified atom stereocenters. The molecule has 74 valence electrons. The zero-order valence-corrected chi connectivity index (χ0v) is 9.01. The van der Waals surface area contributed by atoms with E-state index in [2.05, 4.69) is 21.2 Å². The summed E-state index contributed by atoms with van der Waals surface area (Å²) < 4.78 is -0.317. The molecule has 0 spiro atoms. The summed E-state index contributed by atoms with van der Waals surface area (Å²) in [6.45, 7) is 0. The van der Waals surface area contributed by atoms with Gasteiger partial charge in [0.15, 0.2) is 0 Å². The minimum atomic E-state index is -0.319. The number of alkyl halides is 1. The molecule has 2 aliphatic carbocycles. The van der Waals surface area contributed by atoms with Crippen molar-refractivity contribution in [3.63, 3.8) is 0 Å². The molecule has 4 heteroatoms. The summed E-state index contributed by atoms with van der Waals surface area (Å²) in [5.74, 6) is 0.0579. The Kier molecular flexibility index (Phi) is 2.36. The lowest BCUT2D eigenvalue weighted by Crippen LogP contribution is -2.56. The molecular formula is C9H14BrNO2. The van der Waals surface area contributed by atoms with Gasteiger partial charge in [0, 0.05) is 0 Å². The maximum absolute atomic E-state index is 11.6. The predicted molar refractivity (Wildman–Crippen MR) is 52.7 cm³/mol. The lowest BCUT2D eigenvalue weighted by Gasteiger charge is -2.39. The fraction of sp³-hybridized carbons (Fsp3) is 0.889. The predicted octanol–water partition coefficient (Wildman–Crippen LogP) is 0.943. The lowest BCUT2D eigenvalue weighted by atomic mass is 9.82. The second-order valence-electron chi connectivity index (χ2n) is 4.04. The Balaban J connectivity index is 1.84. The van der Waals surface area contributed by atoms with Crippen LogP contribution in [0.1, 0.15) is 32.1 Å². The van der Waals surface area contributed by atoms with Gasteiger partial charge in [-0.2, -0.15) is 0 Å². The number of aliphatic hydroxyl groups excluding tert-OH is 1. The van der Waals surface area contributed by atoms with Crippen molar-refractivity contribution in [1.82, 2.24) is 5.32 Å². The van der Waals surface area contributed by atoms with E-state index in [1.54, 1.807) is 0 Å². The summed E-state index contributed by atoms with van der Waals surface area (Å²) in [5.41, 5.74) is 0. The van der Waals surface area contributed by atoms with Gasteiger partial charge in [0.25, 0.3) is 0 Å². The number of nitrogens with one attached hydrogen (secondary N) is 1. The van der Waals surface area contributed by atoms with Crippen molar-refractivity contribution in [3.8, 4) is 0 Å². The number of hydrogen-bond donors (Lipinski definition) is 2. The molecule has 0 radical (unpaired) electrons. The van der Waals surface area contributed by atoms with Crippen LogP contribution in [-0.4, -0.2) is 27.5 Å². The fourth-order valence-electron chi connectivity index (χ4n) is 1.66. The van der Waals surface area contributed by atoms with Crippen LogP contribution < -0.4 is 5.32 Å². The van der Waals surface area contributed by atoms with Crippen molar-refractivity contribution in [2.75, 3.05) is 0 Å². The Hall–Kier alpha value is -0.0900. The number of halogens is 1. The van der Waals surface area contributed by atoms with Gasteiger partial charge < -0.3 is 10.4 Å². The second-order valence-corrected chi connectivity index (χ2v) is 5.56. The van der Waals surface area contributed by atoms with E-state index in [9.17, 15) is 9.90 Å². The number of aliphatic hydroxyl groups is 1. The van der Waals surface area contributed by atoms with Crippen LogP contribution in [0.25, 0.3) is 0 Å². The zero-order valence-electron chi connectivity index (χ0n) is 7.42. The van der Waals surface area contributed by atoms with Gasteiger partial charge in [-0.15, -0.1) is 0 Å². The number of hydrogen-bond acceptors (Lipinski definition) is 2. The van der Waals surface area contributed by atoms with Crippen LogP contribution >= 0.6 is 15.9 Å². The minimum absolute atomic E-state index is 0.00234. The van der Waals surface area contributed by atoms with Gasteiger partial charge in [0.1, 0.15) is 4.32 Å². The number of rotatable bonds is 2. The van der Waals surface area contributed by atoms with Gasteiger partial charge in [-0.3, -0.25) is 4.79 Å². The van der Waals surface area contributed by atoms with Gasteiger partial charge in [0.05, 0.1) is 12.1 Å². The molecular weight excluding hydrogens is 234 g/mol. The third-order valence-electron chi connectivity index (χ3n) is 3.11. The Labute approximate surface area is 86.0 Å². The molecule has 0 saturated heterocycles. The molecule has 2 rings (SSSR count). The topological polar surface area (TPSA) is 49.3 Å². The molecule has 0 bridgehead atoms. The summed E-state index contributed by atoms with van der Waals surface area (Å²) in [6, 6.07) is 0.00234. The van der Waals surface area contributed by atoms with E-state index in [4.69, 9.17) is 0 Å². The Morgan fingerprint density at radius 2 is 2.15 bits per heavy atom. The molecule has 2 aliphatic rings. The van der Waals surface area contributed by atoms with E-state index in [0.717, 1.165) is 32.1 Å². The maximum Gasteiger partial charge on any atom is 0.237 e. The molecule has 0 aromatic rings. The number of carbonyl (C=O) groups excluding carboxylic acids is 1. The summed E-state index contributed by atoms with van der Waals surface area (Å²) in [7, 11) is 0. The van der Waals surface area contributed by atoms with Gasteiger partial charge in [-0.25, -0.2) is 0 Å². The summed E-state index contributed by atoms with van der Waals surface area (Å²) in [4.78, 5) is 11.6. The third-order valence-corrected chi connectivity index (χ3v) is 4.26. The Morgan fingerprint density at radius 3 is 2.46 bits per heavy atom. The fourth-order valence-corrected chi connectivity index (χ4v) is 2.34. The van der Waals surface area contributed by atoms with Gasteiger partial charge in [-0.1, -0.05) is 15.9 Å². The maximum atomic E-state index is 11.6. The molecule has 13 heavy (non-hydrogen) atoms. The van der Waals surface area contributed by atoms with Crippen molar-refractivity contribution in [1.29, 1.82) is 0 Å². The van der Waals surface area contributed by atoms with Crippen molar-refractivity contribution in [3.05, 3.63) is 0 Å². The highest BCUT2D eigenvalue weighted by molar-refractivity contribution is 9.10. The molecule has 3 nitrogen and oxygen atoms in total. The molecule has 0 heterocycles. The summed E-state index contributed by atoms with van der Waals surface area (Å²) in [5, 5.41) is 12.2. The Morgan fingerprint density at radius 1 is 1.46 bits per heavy atom. The third kappa shape index (κ3) is 1.62. The number of carbonyl (C=O) groups is 1. The smallest absolute Gasteiger partial charge is 0.237 e. The van der Waals surface area contributed by atoms with Crippen LogP contribution in [0.3, 0.4) is 0 Å². The van der Waals surface area contributed by atoms with Crippen LogP contribution in [0, 0.1) is 0 Å². The van der Waals surface area contributed by atoms with Gasteiger partial charge in [-0.05, 0) is 32.1 Å². The van der Waals surface area contributed by atoms with E-state index in [-0.39, 0.29) is 22.4 Å². The standard InChI is InChI=1S/C9H14BrNO2/c10-9(4-1-5-9)8(13)11-6-2-3-7(6)12/h6-7,12H,1-5H2,(H,11,13)/t6-,7-/m1/s1. The van der Waals surface area contributed by atoms with Crippen molar-refractivity contribution >= 4 is 21.8 Å². The highest BCUT2D eigenvalue weighted by Gasteiger charge is 2.43. The van der Waals surface area contributed by atoms with Gasteiger partial charge in [0.2, 0.25) is 5.91 Å².